The van der Waals surface area contributed by atoms with Gasteiger partial charge in [-0.25, -0.2) is 0 Å². The Morgan fingerprint density at radius 2 is 2.27 bits per heavy atom. The predicted octanol–water partition coefficient (Wildman–Crippen LogP) is 0.379. The summed E-state index contributed by atoms with van der Waals surface area (Å²) in [7, 11) is 0. The number of rotatable bonds is 1. The average molecular weight is 153 g/mol. The van der Waals surface area contributed by atoms with Gasteiger partial charge in [0, 0.05) is 13.1 Å². The minimum absolute atomic E-state index is 0.597. The number of furan rings is 1. The molecule has 0 aliphatic carbocycles. The van der Waals surface area contributed by atoms with Crippen LogP contribution in [0, 0.1) is 6.92 Å². The third-order valence-corrected chi connectivity index (χ3v) is 2.03. The zero-order chi connectivity index (χ0) is 7.90. The van der Waals surface area contributed by atoms with Crippen molar-refractivity contribution in [1.29, 1.82) is 0 Å². The highest BCUT2D eigenvalue weighted by molar-refractivity contribution is 5.17. The molecule has 1 fully saturated rings. The maximum atomic E-state index is 9.74. The summed E-state index contributed by atoms with van der Waals surface area (Å²) in [6.45, 7) is 3.07. The third kappa shape index (κ3) is 0.968. The van der Waals surface area contributed by atoms with E-state index < -0.39 is 5.60 Å². The first-order valence-corrected chi connectivity index (χ1v) is 3.71. The van der Waals surface area contributed by atoms with Crippen LogP contribution in [0.1, 0.15) is 11.5 Å². The van der Waals surface area contributed by atoms with E-state index >= 15 is 0 Å². The maximum Gasteiger partial charge on any atom is 0.147 e. The van der Waals surface area contributed by atoms with E-state index in [0.29, 0.717) is 18.8 Å². The number of aliphatic hydroxyl groups is 1. The zero-order valence-corrected chi connectivity index (χ0v) is 6.42. The molecule has 0 unspecified atom stereocenters. The van der Waals surface area contributed by atoms with Crippen molar-refractivity contribution in [2.45, 2.75) is 12.5 Å². The topological polar surface area (TPSA) is 45.4 Å². The molecule has 3 heteroatoms. The molecule has 0 radical (unpaired) electrons. The molecule has 0 amide bonds. The molecular formula is C8H11NO2. The monoisotopic (exact) mass is 153 g/mol. The minimum Gasteiger partial charge on any atom is -0.463 e. The fraction of sp³-hybridized carbons (Fsp3) is 0.500. The van der Waals surface area contributed by atoms with Crippen molar-refractivity contribution < 1.29 is 9.52 Å². The van der Waals surface area contributed by atoms with Gasteiger partial charge in [-0.05, 0) is 19.1 Å². The van der Waals surface area contributed by atoms with Crippen molar-refractivity contribution in [2.75, 3.05) is 13.1 Å². The van der Waals surface area contributed by atoms with E-state index in [4.69, 9.17) is 4.42 Å². The molecule has 2 rings (SSSR count). The number of aryl methyl sites for hydroxylation is 1. The highest BCUT2D eigenvalue weighted by Crippen LogP contribution is 2.26. The lowest BCUT2D eigenvalue weighted by molar-refractivity contribution is -0.0337. The van der Waals surface area contributed by atoms with Crippen LogP contribution >= 0.6 is 0 Å². The van der Waals surface area contributed by atoms with Crippen LogP contribution in [0.4, 0.5) is 0 Å². The molecule has 1 saturated heterocycles. The summed E-state index contributed by atoms with van der Waals surface area (Å²) in [5, 5.41) is 12.7. The first-order valence-electron chi connectivity index (χ1n) is 3.71. The lowest BCUT2D eigenvalue weighted by Crippen LogP contribution is -2.56. The average Bonchev–Trinajstić information content (AvgIpc) is 2.31. The number of hydrogen-bond acceptors (Lipinski definition) is 3. The molecule has 11 heavy (non-hydrogen) atoms. The molecule has 2 N–H and O–H groups in total. The lowest BCUT2D eigenvalue weighted by Gasteiger charge is -2.35. The van der Waals surface area contributed by atoms with E-state index in [-0.39, 0.29) is 0 Å². The molecule has 0 spiro atoms. The van der Waals surface area contributed by atoms with Gasteiger partial charge in [-0.15, -0.1) is 0 Å². The maximum absolute atomic E-state index is 9.74. The molecule has 0 saturated carbocycles. The summed E-state index contributed by atoms with van der Waals surface area (Å²) >= 11 is 0. The Balaban J connectivity index is 2.28. The van der Waals surface area contributed by atoms with Gasteiger partial charge in [0.05, 0.1) is 0 Å². The van der Waals surface area contributed by atoms with Gasteiger partial charge in [0.25, 0.3) is 0 Å². The van der Waals surface area contributed by atoms with Crippen LogP contribution in [-0.2, 0) is 5.60 Å². The second kappa shape index (κ2) is 2.09. The molecule has 2 heterocycles. The smallest absolute Gasteiger partial charge is 0.147 e. The van der Waals surface area contributed by atoms with E-state index in [2.05, 4.69) is 5.32 Å². The van der Waals surface area contributed by atoms with Crippen LogP contribution in [0.3, 0.4) is 0 Å². The predicted molar refractivity (Wildman–Crippen MR) is 40.2 cm³/mol. The Morgan fingerprint density at radius 3 is 2.64 bits per heavy atom. The van der Waals surface area contributed by atoms with Crippen molar-refractivity contribution in [1.82, 2.24) is 5.32 Å². The second-order valence-electron chi connectivity index (χ2n) is 3.05. The number of nitrogens with one attached hydrogen (secondary N) is 1. The van der Waals surface area contributed by atoms with Crippen molar-refractivity contribution in [3.63, 3.8) is 0 Å². The van der Waals surface area contributed by atoms with E-state index in [1.165, 1.54) is 0 Å². The van der Waals surface area contributed by atoms with E-state index in [1.807, 2.05) is 19.1 Å². The highest BCUT2D eigenvalue weighted by atomic mass is 16.4. The first kappa shape index (κ1) is 6.88. The largest absolute Gasteiger partial charge is 0.463 e. The molecule has 1 aliphatic rings. The molecule has 1 aromatic rings. The quantitative estimate of drug-likeness (QED) is 0.613. The zero-order valence-electron chi connectivity index (χ0n) is 6.42. The summed E-state index contributed by atoms with van der Waals surface area (Å²) < 4.78 is 5.30. The fourth-order valence-electron chi connectivity index (χ4n) is 1.22. The van der Waals surface area contributed by atoms with Crippen LogP contribution < -0.4 is 5.32 Å². The summed E-state index contributed by atoms with van der Waals surface area (Å²) in [6.07, 6.45) is 0. The van der Waals surface area contributed by atoms with Crippen LogP contribution in [-0.4, -0.2) is 18.2 Å². The summed E-state index contributed by atoms with van der Waals surface area (Å²) in [6, 6.07) is 3.70. The van der Waals surface area contributed by atoms with E-state index in [1.54, 1.807) is 0 Å². The SMILES string of the molecule is Cc1ccc(C2(O)CNC2)o1. The standard InChI is InChI=1S/C8H11NO2/c1-6-2-3-7(11-6)8(10)4-9-5-8/h2-3,9-10H,4-5H2,1H3. The van der Waals surface area contributed by atoms with Crippen LogP contribution in [0.25, 0.3) is 0 Å². The summed E-state index contributed by atoms with van der Waals surface area (Å²) in [5.41, 5.74) is -0.742. The molecule has 0 bridgehead atoms. The van der Waals surface area contributed by atoms with Crippen LogP contribution in [0.5, 0.6) is 0 Å². The second-order valence-corrected chi connectivity index (χ2v) is 3.05. The summed E-state index contributed by atoms with van der Waals surface area (Å²) in [4.78, 5) is 0. The Hall–Kier alpha value is -0.800. The van der Waals surface area contributed by atoms with Gasteiger partial charge in [-0.3, -0.25) is 0 Å². The van der Waals surface area contributed by atoms with Gasteiger partial charge in [0.1, 0.15) is 17.1 Å². The van der Waals surface area contributed by atoms with Crippen molar-refractivity contribution >= 4 is 0 Å². The minimum atomic E-state index is -0.742. The number of hydrogen-bond donors (Lipinski definition) is 2. The van der Waals surface area contributed by atoms with Gasteiger partial charge < -0.3 is 14.8 Å². The summed E-state index contributed by atoms with van der Waals surface area (Å²) in [5.74, 6) is 1.52. The Bertz CT molecular complexity index is 263. The Morgan fingerprint density at radius 1 is 1.55 bits per heavy atom. The molecule has 60 valence electrons. The molecule has 1 aliphatic heterocycles. The first-order chi connectivity index (χ1) is 5.21. The third-order valence-electron chi connectivity index (χ3n) is 2.03. The Kier molecular flexibility index (Phi) is 1.31. The molecular weight excluding hydrogens is 142 g/mol. The fourth-order valence-corrected chi connectivity index (χ4v) is 1.22. The van der Waals surface area contributed by atoms with Gasteiger partial charge in [-0.2, -0.15) is 0 Å². The highest BCUT2D eigenvalue weighted by Gasteiger charge is 2.38. The molecule has 0 aromatic carbocycles. The van der Waals surface area contributed by atoms with Gasteiger partial charge in [0.2, 0.25) is 0 Å². The van der Waals surface area contributed by atoms with Crippen LogP contribution in [0.15, 0.2) is 16.5 Å². The van der Waals surface area contributed by atoms with E-state index in [0.717, 1.165) is 5.76 Å². The van der Waals surface area contributed by atoms with Gasteiger partial charge in [-0.1, -0.05) is 0 Å². The Labute approximate surface area is 65.0 Å². The van der Waals surface area contributed by atoms with Gasteiger partial charge >= 0.3 is 0 Å². The molecule has 0 atom stereocenters. The lowest BCUT2D eigenvalue weighted by atomic mass is 9.94. The van der Waals surface area contributed by atoms with Crippen molar-refractivity contribution in [3.05, 3.63) is 23.7 Å². The van der Waals surface area contributed by atoms with Crippen molar-refractivity contribution in [3.8, 4) is 0 Å². The van der Waals surface area contributed by atoms with E-state index in [9.17, 15) is 5.11 Å². The normalized spacial score (nSPS) is 21.3. The van der Waals surface area contributed by atoms with Gasteiger partial charge in [0.15, 0.2) is 0 Å². The van der Waals surface area contributed by atoms with Crippen molar-refractivity contribution in [2.24, 2.45) is 0 Å². The molecule has 1 aromatic heterocycles. The van der Waals surface area contributed by atoms with Crippen LogP contribution in [0.2, 0.25) is 0 Å². The molecule has 3 nitrogen and oxygen atoms in total. The number of β-amino-alcohol motifs (C(OH)–C–C–N with tert-alkyl or cyclic N) is 1.